The number of aliphatic carboxylic acids is 2. The highest BCUT2D eigenvalue weighted by atomic mass is 16.4. The topological polar surface area (TPSA) is 149 Å². The smallest absolute Gasteiger partial charge is 0.328 e. The second kappa shape index (κ2) is 9.55. The van der Waals surface area contributed by atoms with Gasteiger partial charge in [-0.3, -0.25) is 4.79 Å². The Morgan fingerprint density at radius 2 is 1.33 bits per heavy atom. The minimum absolute atomic E-state index is 0. The van der Waals surface area contributed by atoms with E-state index < -0.39 is 11.9 Å². The van der Waals surface area contributed by atoms with E-state index in [-0.39, 0.29) is 11.4 Å². The fourth-order valence-corrected chi connectivity index (χ4v) is 0.745. The van der Waals surface area contributed by atoms with E-state index in [1.54, 1.807) is 24.3 Å². The molecule has 0 saturated heterocycles. The molecular formula is C11H13NO6. The molecule has 0 unspecified atom stereocenters. The van der Waals surface area contributed by atoms with E-state index in [0.29, 0.717) is 17.7 Å². The lowest BCUT2D eigenvalue weighted by Gasteiger charge is -1.89. The van der Waals surface area contributed by atoms with Crippen LogP contribution in [0.2, 0.25) is 0 Å². The van der Waals surface area contributed by atoms with Gasteiger partial charge in [0.05, 0.1) is 0 Å². The van der Waals surface area contributed by atoms with E-state index in [9.17, 15) is 14.4 Å². The summed E-state index contributed by atoms with van der Waals surface area (Å²) < 4.78 is 0. The highest BCUT2D eigenvalue weighted by Gasteiger charge is 1.93. The molecule has 0 aliphatic heterocycles. The molecule has 0 radical (unpaired) electrons. The molecule has 0 heterocycles. The summed E-state index contributed by atoms with van der Waals surface area (Å²) in [4.78, 5) is 29.5. The Morgan fingerprint density at radius 3 is 1.56 bits per heavy atom. The highest BCUT2D eigenvalue weighted by molar-refractivity contribution is 5.92. The van der Waals surface area contributed by atoms with Gasteiger partial charge < -0.3 is 21.4 Å². The van der Waals surface area contributed by atoms with Crippen LogP contribution in [0, 0.1) is 0 Å². The number of primary amides is 1. The van der Waals surface area contributed by atoms with Crippen LogP contribution in [0.3, 0.4) is 0 Å². The number of hydrogen-bond acceptors (Lipinski definition) is 3. The van der Waals surface area contributed by atoms with Gasteiger partial charge in [-0.05, 0) is 12.1 Å². The third-order valence-corrected chi connectivity index (χ3v) is 1.43. The molecule has 1 rings (SSSR count). The first-order chi connectivity index (χ1) is 7.93. The molecule has 7 heteroatoms. The summed E-state index contributed by atoms with van der Waals surface area (Å²) in [6, 6.07) is 8.76. The van der Waals surface area contributed by atoms with Crippen molar-refractivity contribution in [1.29, 1.82) is 0 Å². The third-order valence-electron chi connectivity index (χ3n) is 1.43. The van der Waals surface area contributed by atoms with E-state index in [0.717, 1.165) is 0 Å². The van der Waals surface area contributed by atoms with Gasteiger partial charge >= 0.3 is 11.9 Å². The first-order valence-electron chi connectivity index (χ1n) is 4.42. The lowest BCUT2D eigenvalue weighted by molar-refractivity contribution is -0.134. The number of carbonyl (C=O) groups is 3. The van der Waals surface area contributed by atoms with E-state index in [2.05, 4.69) is 0 Å². The van der Waals surface area contributed by atoms with Crippen LogP contribution in [0.1, 0.15) is 10.4 Å². The number of carboxylic acid groups (broad SMARTS) is 2. The Bertz CT molecular complexity index is 410. The third kappa shape index (κ3) is 9.87. The molecule has 0 bridgehead atoms. The average molecular weight is 255 g/mol. The van der Waals surface area contributed by atoms with Crippen molar-refractivity contribution in [3.8, 4) is 0 Å². The fourth-order valence-electron chi connectivity index (χ4n) is 0.745. The number of carbonyl (C=O) groups excluding carboxylic acids is 1. The molecule has 0 spiro atoms. The predicted molar refractivity (Wildman–Crippen MR) is 63.0 cm³/mol. The minimum Gasteiger partial charge on any atom is -0.478 e. The number of hydrogen-bond donors (Lipinski definition) is 3. The molecule has 7 nitrogen and oxygen atoms in total. The number of rotatable bonds is 3. The average Bonchev–Trinajstić information content (AvgIpc) is 2.28. The van der Waals surface area contributed by atoms with Crippen LogP contribution in [0.4, 0.5) is 0 Å². The molecule has 98 valence electrons. The van der Waals surface area contributed by atoms with Crippen LogP contribution in [-0.4, -0.2) is 33.5 Å². The van der Waals surface area contributed by atoms with Gasteiger partial charge in [-0.25, -0.2) is 9.59 Å². The van der Waals surface area contributed by atoms with Gasteiger partial charge in [0, 0.05) is 17.7 Å². The first kappa shape index (κ1) is 17.7. The van der Waals surface area contributed by atoms with Crippen molar-refractivity contribution in [2.45, 2.75) is 0 Å². The molecule has 0 atom stereocenters. The molecule has 0 aliphatic carbocycles. The second-order valence-electron chi connectivity index (χ2n) is 2.74. The number of benzene rings is 1. The largest absolute Gasteiger partial charge is 0.478 e. The molecule has 0 saturated carbocycles. The molecule has 1 aromatic carbocycles. The maximum atomic E-state index is 10.4. The van der Waals surface area contributed by atoms with Gasteiger partial charge in [0.15, 0.2) is 0 Å². The summed E-state index contributed by atoms with van der Waals surface area (Å²) in [7, 11) is 0. The first-order valence-corrected chi connectivity index (χ1v) is 4.42. The minimum atomic E-state index is -1.26. The van der Waals surface area contributed by atoms with Gasteiger partial charge in [-0.2, -0.15) is 0 Å². The fraction of sp³-hybridized carbons (Fsp3) is 0. The van der Waals surface area contributed by atoms with Crippen molar-refractivity contribution >= 4 is 17.8 Å². The van der Waals surface area contributed by atoms with Gasteiger partial charge in [0.2, 0.25) is 5.91 Å². The Kier molecular flexibility index (Phi) is 9.40. The van der Waals surface area contributed by atoms with Crippen LogP contribution in [-0.2, 0) is 9.59 Å². The maximum absolute atomic E-state index is 10.4. The summed E-state index contributed by atoms with van der Waals surface area (Å²) in [5, 5.41) is 15.6. The van der Waals surface area contributed by atoms with E-state index in [1.807, 2.05) is 6.07 Å². The van der Waals surface area contributed by atoms with Gasteiger partial charge in [0.1, 0.15) is 0 Å². The molecule has 1 amide bonds. The normalized spacial score (nSPS) is 8.67. The standard InChI is InChI=1S/C7H7NO.C4H4O4.H2O/c8-7(9)6-4-2-1-3-5-6;5-3(6)1-2-4(7)8;/h1-5H,(H2,8,9);1-2H,(H,5,6)(H,7,8);1H2/b;2-1+;. The summed E-state index contributed by atoms with van der Waals surface area (Å²) in [6.45, 7) is 0. The predicted octanol–water partition coefficient (Wildman–Crippen LogP) is -0.327. The molecule has 1 aromatic rings. The monoisotopic (exact) mass is 255 g/mol. The van der Waals surface area contributed by atoms with Crippen molar-refractivity contribution in [1.82, 2.24) is 0 Å². The summed E-state index contributed by atoms with van der Waals surface area (Å²) in [6.07, 6.45) is 1.12. The number of carboxylic acids is 2. The van der Waals surface area contributed by atoms with Gasteiger partial charge in [-0.1, -0.05) is 18.2 Å². The van der Waals surface area contributed by atoms with E-state index in [1.165, 1.54) is 0 Å². The lowest BCUT2D eigenvalue weighted by Crippen LogP contribution is -2.09. The molecule has 0 aromatic heterocycles. The second-order valence-corrected chi connectivity index (χ2v) is 2.74. The zero-order valence-electron chi connectivity index (χ0n) is 9.24. The molecule has 0 fully saturated rings. The van der Waals surface area contributed by atoms with Crippen molar-refractivity contribution in [3.05, 3.63) is 48.0 Å². The van der Waals surface area contributed by atoms with Crippen molar-refractivity contribution in [2.75, 3.05) is 0 Å². The van der Waals surface area contributed by atoms with E-state index in [4.69, 9.17) is 15.9 Å². The molecule has 6 N–H and O–H groups in total. The van der Waals surface area contributed by atoms with Gasteiger partial charge in [-0.15, -0.1) is 0 Å². The Labute approximate surface area is 102 Å². The van der Waals surface area contributed by atoms with Gasteiger partial charge in [0.25, 0.3) is 0 Å². The maximum Gasteiger partial charge on any atom is 0.328 e. The molecule has 18 heavy (non-hydrogen) atoms. The summed E-state index contributed by atoms with van der Waals surface area (Å²) in [5.41, 5.74) is 5.53. The SMILES string of the molecule is NC(=O)c1ccccc1.O.O=C(O)/C=C/C(=O)O. The Morgan fingerprint density at radius 1 is 0.944 bits per heavy atom. The number of amides is 1. The summed E-state index contributed by atoms with van der Waals surface area (Å²) >= 11 is 0. The van der Waals surface area contributed by atoms with Crippen LogP contribution in [0.15, 0.2) is 42.5 Å². The van der Waals surface area contributed by atoms with Crippen LogP contribution in [0.25, 0.3) is 0 Å². The molecular weight excluding hydrogens is 242 g/mol. The van der Waals surface area contributed by atoms with Crippen molar-refractivity contribution < 1.29 is 30.1 Å². The Hall–Kier alpha value is -2.67. The molecule has 0 aliphatic rings. The summed E-state index contributed by atoms with van der Waals surface area (Å²) in [5.74, 6) is -2.89. The number of nitrogens with two attached hydrogens (primary N) is 1. The van der Waals surface area contributed by atoms with Crippen LogP contribution < -0.4 is 5.73 Å². The van der Waals surface area contributed by atoms with Crippen molar-refractivity contribution in [2.24, 2.45) is 5.73 Å². The zero-order valence-corrected chi connectivity index (χ0v) is 9.24. The van der Waals surface area contributed by atoms with Crippen LogP contribution in [0.5, 0.6) is 0 Å². The lowest BCUT2D eigenvalue weighted by atomic mass is 10.2. The quantitative estimate of drug-likeness (QED) is 0.632. The van der Waals surface area contributed by atoms with Crippen LogP contribution >= 0.6 is 0 Å². The zero-order chi connectivity index (χ0) is 13.3. The van der Waals surface area contributed by atoms with Crippen molar-refractivity contribution in [3.63, 3.8) is 0 Å². The Balaban J connectivity index is 0. The van der Waals surface area contributed by atoms with E-state index >= 15 is 0 Å². The highest BCUT2D eigenvalue weighted by Crippen LogP contribution is 1.94.